The Morgan fingerprint density at radius 2 is 1.84 bits per heavy atom. The monoisotopic (exact) mass is 273 g/mol. The molecule has 0 saturated heterocycles. The van der Waals surface area contributed by atoms with E-state index in [9.17, 15) is 0 Å². The fourth-order valence-electron chi connectivity index (χ4n) is 1.80. The smallest absolute Gasteiger partial charge is 0.119 e. The van der Waals surface area contributed by atoms with Crippen molar-refractivity contribution in [2.24, 2.45) is 0 Å². The zero-order valence-corrected chi connectivity index (χ0v) is 12.2. The molecule has 2 aromatic rings. The zero-order chi connectivity index (χ0) is 13.7. The van der Waals surface area contributed by atoms with Crippen molar-refractivity contribution in [2.45, 2.75) is 24.5 Å². The second-order valence-electron chi connectivity index (χ2n) is 4.34. The van der Waals surface area contributed by atoms with Gasteiger partial charge < -0.3 is 10.5 Å². The van der Waals surface area contributed by atoms with Crippen molar-refractivity contribution < 1.29 is 4.74 Å². The summed E-state index contributed by atoms with van der Waals surface area (Å²) < 4.78 is 5.44. The molecular weight excluding hydrogens is 254 g/mol. The average molecular weight is 273 g/mol. The van der Waals surface area contributed by atoms with Gasteiger partial charge in [-0.2, -0.15) is 0 Å². The highest BCUT2D eigenvalue weighted by Gasteiger charge is 2.02. The lowest BCUT2D eigenvalue weighted by molar-refractivity contribution is 0.340. The Bertz CT molecular complexity index is 537. The SMILES string of the molecule is CCOc1ccc(CSc2cccc(N)c2C)cc1. The summed E-state index contributed by atoms with van der Waals surface area (Å²) in [6, 6.07) is 14.3. The second kappa shape index (κ2) is 6.53. The third kappa shape index (κ3) is 3.67. The molecule has 0 saturated carbocycles. The third-order valence-corrected chi connectivity index (χ3v) is 4.19. The first-order chi connectivity index (χ1) is 9.20. The molecule has 2 aromatic carbocycles. The Morgan fingerprint density at radius 1 is 1.11 bits per heavy atom. The van der Waals surface area contributed by atoms with Gasteiger partial charge in [-0.1, -0.05) is 18.2 Å². The largest absolute Gasteiger partial charge is 0.494 e. The topological polar surface area (TPSA) is 35.2 Å². The molecule has 2 N–H and O–H groups in total. The predicted molar refractivity (Wildman–Crippen MR) is 82.8 cm³/mol. The van der Waals surface area contributed by atoms with Gasteiger partial charge in [-0.05, 0) is 49.2 Å². The van der Waals surface area contributed by atoms with E-state index in [1.54, 1.807) is 0 Å². The Hall–Kier alpha value is -1.61. The molecule has 0 spiro atoms. The van der Waals surface area contributed by atoms with Crippen LogP contribution in [-0.2, 0) is 5.75 Å². The number of thioether (sulfide) groups is 1. The zero-order valence-electron chi connectivity index (χ0n) is 11.3. The van der Waals surface area contributed by atoms with Crippen molar-refractivity contribution in [3.05, 3.63) is 53.6 Å². The van der Waals surface area contributed by atoms with E-state index < -0.39 is 0 Å². The molecule has 3 heteroatoms. The van der Waals surface area contributed by atoms with E-state index in [1.165, 1.54) is 16.0 Å². The summed E-state index contributed by atoms with van der Waals surface area (Å²) >= 11 is 1.81. The Kier molecular flexibility index (Phi) is 4.74. The second-order valence-corrected chi connectivity index (χ2v) is 5.35. The Labute approximate surface area is 119 Å². The van der Waals surface area contributed by atoms with E-state index in [0.717, 1.165) is 17.2 Å². The highest BCUT2D eigenvalue weighted by Crippen LogP contribution is 2.29. The van der Waals surface area contributed by atoms with Crippen LogP contribution in [0.5, 0.6) is 5.75 Å². The molecule has 2 nitrogen and oxygen atoms in total. The summed E-state index contributed by atoms with van der Waals surface area (Å²) in [5, 5.41) is 0. The number of anilines is 1. The van der Waals surface area contributed by atoms with E-state index in [0.29, 0.717) is 6.61 Å². The van der Waals surface area contributed by atoms with Crippen molar-refractivity contribution >= 4 is 17.4 Å². The van der Waals surface area contributed by atoms with Gasteiger partial charge in [0.05, 0.1) is 6.61 Å². The summed E-state index contributed by atoms with van der Waals surface area (Å²) in [6.07, 6.45) is 0. The molecule has 0 aliphatic carbocycles. The van der Waals surface area contributed by atoms with Gasteiger partial charge >= 0.3 is 0 Å². The van der Waals surface area contributed by atoms with E-state index >= 15 is 0 Å². The number of rotatable bonds is 5. The molecule has 0 aromatic heterocycles. The standard InChI is InChI=1S/C16H19NOS/c1-3-18-14-9-7-13(8-10-14)11-19-16-6-4-5-15(17)12(16)2/h4-10H,3,11,17H2,1-2H3. The number of ether oxygens (including phenoxy) is 1. The van der Waals surface area contributed by atoms with Crippen LogP contribution in [0.4, 0.5) is 5.69 Å². The predicted octanol–water partition coefficient (Wildman–Crippen LogP) is 4.27. The summed E-state index contributed by atoms with van der Waals surface area (Å²) in [5.74, 6) is 1.87. The van der Waals surface area contributed by atoms with Crippen LogP contribution in [0.25, 0.3) is 0 Å². The highest BCUT2D eigenvalue weighted by atomic mass is 32.2. The van der Waals surface area contributed by atoms with Gasteiger partial charge in [0.15, 0.2) is 0 Å². The average Bonchev–Trinajstić information content (AvgIpc) is 2.42. The van der Waals surface area contributed by atoms with Crippen LogP contribution < -0.4 is 10.5 Å². The number of hydrogen-bond acceptors (Lipinski definition) is 3. The quantitative estimate of drug-likeness (QED) is 0.652. The van der Waals surface area contributed by atoms with Crippen LogP contribution in [-0.4, -0.2) is 6.61 Å². The van der Waals surface area contributed by atoms with E-state index in [-0.39, 0.29) is 0 Å². The van der Waals surface area contributed by atoms with Gasteiger partial charge in [0.25, 0.3) is 0 Å². The first-order valence-electron chi connectivity index (χ1n) is 6.40. The minimum atomic E-state index is 0.705. The summed E-state index contributed by atoms with van der Waals surface area (Å²) in [5.41, 5.74) is 9.22. The maximum absolute atomic E-state index is 5.91. The summed E-state index contributed by atoms with van der Waals surface area (Å²) in [6.45, 7) is 4.76. The van der Waals surface area contributed by atoms with E-state index in [2.05, 4.69) is 25.1 Å². The molecule has 2 rings (SSSR count). The van der Waals surface area contributed by atoms with E-state index in [1.807, 2.05) is 43.0 Å². The normalized spacial score (nSPS) is 10.4. The molecular formula is C16H19NOS. The Balaban J connectivity index is 2.00. The molecule has 0 unspecified atom stereocenters. The van der Waals surface area contributed by atoms with Crippen LogP contribution in [0.2, 0.25) is 0 Å². The van der Waals surface area contributed by atoms with Crippen molar-refractivity contribution in [1.29, 1.82) is 0 Å². The van der Waals surface area contributed by atoms with Crippen LogP contribution in [0.3, 0.4) is 0 Å². The fraction of sp³-hybridized carbons (Fsp3) is 0.250. The summed E-state index contributed by atoms with van der Waals surface area (Å²) in [7, 11) is 0. The minimum Gasteiger partial charge on any atom is -0.494 e. The minimum absolute atomic E-state index is 0.705. The van der Waals surface area contributed by atoms with Crippen molar-refractivity contribution in [3.63, 3.8) is 0 Å². The lowest BCUT2D eigenvalue weighted by Gasteiger charge is -2.08. The maximum atomic E-state index is 5.91. The maximum Gasteiger partial charge on any atom is 0.119 e. The molecule has 0 aliphatic heterocycles. The molecule has 0 amide bonds. The first kappa shape index (κ1) is 13.8. The summed E-state index contributed by atoms with van der Waals surface area (Å²) in [4.78, 5) is 1.24. The fourth-order valence-corrected chi connectivity index (χ4v) is 2.82. The molecule has 0 atom stereocenters. The van der Waals surface area contributed by atoms with Gasteiger partial charge in [-0.25, -0.2) is 0 Å². The number of hydrogen-bond donors (Lipinski definition) is 1. The third-order valence-electron chi connectivity index (χ3n) is 2.95. The molecule has 0 fully saturated rings. The van der Waals surface area contributed by atoms with Crippen molar-refractivity contribution in [3.8, 4) is 5.75 Å². The van der Waals surface area contributed by atoms with Crippen molar-refractivity contribution in [1.82, 2.24) is 0 Å². The first-order valence-corrected chi connectivity index (χ1v) is 7.39. The van der Waals surface area contributed by atoms with Gasteiger partial charge in [-0.15, -0.1) is 11.8 Å². The van der Waals surface area contributed by atoms with E-state index in [4.69, 9.17) is 10.5 Å². The molecule has 100 valence electrons. The Morgan fingerprint density at radius 3 is 2.53 bits per heavy atom. The van der Waals surface area contributed by atoms with Gasteiger partial charge in [0, 0.05) is 16.3 Å². The van der Waals surface area contributed by atoms with Crippen LogP contribution in [0.1, 0.15) is 18.1 Å². The van der Waals surface area contributed by atoms with Crippen molar-refractivity contribution in [2.75, 3.05) is 12.3 Å². The van der Waals surface area contributed by atoms with Gasteiger partial charge in [0.2, 0.25) is 0 Å². The number of nitrogens with two attached hydrogens (primary N) is 1. The lowest BCUT2D eigenvalue weighted by Crippen LogP contribution is -1.92. The van der Waals surface area contributed by atoms with Gasteiger partial charge in [0.1, 0.15) is 5.75 Å². The number of benzene rings is 2. The van der Waals surface area contributed by atoms with Gasteiger partial charge in [-0.3, -0.25) is 0 Å². The highest BCUT2D eigenvalue weighted by molar-refractivity contribution is 7.98. The molecule has 19 heavy (non-hydrogen) atoms. The number of nitrogen functional groups attached to an aromatic ring is 1. The van der Waals surface area contributed by atoms with Crippen LogP contribution >= 0.6 is 11.8 Å². The lowest BCUT2D eigenvalue weighted by atomic mass is 10.2. The van der Waals surface area contributed by atoms with Crippen LogP contribution in [0, 0.1) is 6.92 Å². The van der Waals surface area contributed by atoms with Crippen LogP contribution in [0.15, 0.2) is 47.4 Å². The molecule has 0 heterocycles. The molecule has 0 radical (unpaired) electrons. The molecule has 0 bridgehead atoms. The molecule has 0 aliphatic rings.